The van der Waals surface area contributed by atoms with E-state index in [4.69, 9.17) is 11.0 Å². The second-order valence-electron chi connectivity index (χ2n) is 2.77. The summed E-state index contributed by atoms with van der Waals surface area (Å²) < 4.78 is 13.0. The van der Waals surface area contributed by atoms with Gasteiger partial charge in [-0.1, -0.05) is 0 Å². The number of nitrogens with two attached hydrogens (primary N) is 1. The Balaban J connectivity index is 3.23. The quantitative estimate of drug-likeness (QED) is 0.742. The molecule has 15 heavy (non-hydrogen) atoms. The van der Waals surface area contributed by atoms with Crippen LogP contribution in [0.1, 0.15) is 11.1 Å². The highest BCUT2D eigenvalue weighted by molar-refractivity contribution is 6.08. The molecule has 0 aliphatic heterocycles. The van der Waals surface area contributed by atoms with Crippen LogP contribution in [0.4, 0.5) is 4.39 Å². The van der Waals surface area contributed by atoms with Gasteiger partial charge in [0.25, 0.3) is 0 Å². The van der Waals surface area contributed by atoms with Crippen LogP contribution in [0.15, 0.2) is 35.5 Å². The smallest absolute Gasteiger partial charge is 0.140 e. The van der Waals surface area contributed by atoms with E-state index >= 15 is 0 Å². The molecule has 0 saturated carbocycles. The molecule has 4 heteroatoms. The van der Waals surface area contributed by atoms with E-state index in [9.17, 15) is 4.39 Å². The van der Waals surface area contributed by atoms with Crippen molar-refractivity contribution >= 4 is 5.71 Å². The predicted molar refractivity (Wildman–Crippen MR) is 56.9 cm³/mol. The summed E-state index contributed by atoms with van der Waals surface area (Å²) in [6.07, 6.45) is 2.94. The predicted octanol–water partition coefficient (Wildman–Crippen LogP) is 1.59. The molecule has 0 aromatic heterocycles. The summed E-state index contributed by atoms with van der Waals surface area (Å²) in [5.41, 5.74) is 6.51. The van der Waals surface area contributed by atoms with Crippen molar-refractivity contribution in [2.75, 3.05) is 7.05 Å². The number of hydrogen-bond acceptors (Lipinski definition) is 3. The number of nitriles is 1. The zero-order chi connectivity index (χ0) is 11.3. The normalized spacial score (nSPS) is 11.7. The molecule has 0 amide bonds. The van der Waals surface area contributed by atoms with Crippen molar-refractivity contribution < 1.29 is 4.39 Å². The van der Waals surface area contributed by atoms with E-state index in [0.717, 1.165) is 0 Å². The Morgan fingerprint density at radius 2 is 2.33 bits per heavy atom. The van der Waals surface area contributed by atoms with Crippen LogP contribution in [-0.4, -0.2) is 12.8 Å². The van der Waals surface area contributed by atoms with Crippen LogP contribution in [0.25, 0.3) is 0 Å². The van der Waals surface area contributed by atoms with Crippen LogP contribution in [0.2, 0.25) is 0 Å². The van der Waals surface area contributed by atoms with Crippen LogP contribution >= 0.6 is 0 Å². The number of halogens is 1. The number of nitrogens with zero attached hydrogens (tertiary/aromatic N) is 2. The van der Waals surface area contributed by atoms with Gasteiger partial charge in [0.15, 0.2) is 0 Å². The van der Waals surface area contributed by atoms with Gasteiger partial charge in [-0.15, -0.1) is 0 Å². The second-order valence-corrected chi connectivity index (χ2v) is 2.77. The van der Waals surface area contributed by atoms with Crippen molar-refractivity contribution in [1.82, 2.24) is 0 Å². The molecule has 1 aromatic carbocycles. The summed E-state index contributed by atoms with van der Waals surface area (Å²) in [6, 6.07) is 6.01. The highest BCUT2D eigenvalue weighted by atomic mass is 19.1. The average Bonchev–Trinajstić information content (AvgIpc) is 2.27. The van der Waals surface area contributed by atoms with Gasteiger partial charge in [-0.3, -0.25) is 4.99 Å². The van der Waals surface area contributed by atoms with Gasteiger partial charge in [0.2, 0.25) is 0 Å². The second kappa shape index (κ2) is 4.91. The molecule has 0 bridgehead atoms. The molecule has 3 nitrogen and oxygen atoms in total. The minimum Gasteiger partial charge on any atom is -0.405 e. The lowest BCUT2D eigenvalue weighted by Crippen LogP contribution is -1.99. The lowest BCUT2D eigenvalue weighted by molar-refractivity contribution is 0.624. The summed E-state index contributed by atoms with van der Waals surface area (Å²) >= 11 is 0. The zero-order valence-corrected chi connectivity index (χ0v) is 8.24. The summed E-state index contributed by atoms with van der Waals surface area (Å²) in [5.74, 6) is -0.534. The maximum atomic E-state index is 13.0. The van der Waals surface area contributed by atoms with Gasteiger partial charge in [-0.25, -0.2) is 4.39 Å². The lowest BCUT2D eigenvalue weighted by atomic mass is 10.1. The third kappa shape index (κ3) is 2.41. The summed E-state index contributed by atoms with van der Waals surface area (Å²) in [7, 11) is 1.60. The summed E-state index contributed by atoms with van der Waals surface area (Å²) in [5, 5.41) is 8.65. The Labute approximate surface area is 87.4 Å². The van der Waals surface area contributed by atoms with Gasteiger partial charge >= 0.3 is 0 Å². The molecular weight excluding hydrogens is 193 g/mol. The Hall–Kier alpha value is -2.15. The SMILES string of the molecule is CN=C(C=CN)c1ccc(F)c(C#N)c1. The van der Waals surface area contributed by atoms with Crippen LogP contribution < -0.4 is 5.73 Å². The van der Waals surface area contributed by atoms with Crippen molar-refractivity contribution in [3.63, 3.8) is 0 Å². The molecule has 0 spiro atoms. The van der Waals surface area contributed by atoms with Gasteiger partial charge in [-0.2, -0.15) is 5.26 Å². The molecule has 0 aliphatic rings. The van der Waals surface area contributed by atoms with Crippen molar-refractivity contribution in [2.45, 2.75) is 0 Å². The van der Waals surface area contributed by atoms with Crippen LogP contribution in [-0.2, 0) is 0 Å². The summed E-state index contributed by atoms with van der Waals surface area (Å²) in [6.45, 7) is 0. The molecular formula is C11H10FN3. The number of hydrogen-bond donors (Lipinski definition) is 1. The first-order valence-corrected chi connectivity index (χ1v) is 4.28. The first-order valence-electron chi connectivity index (χ1n) is 4.28. The van der Waals surface area contributed by atoms with E-state index in [2.05, 4.69) is 4.99 Å². The minimum atomic E-state index is -0.534. The van der Waals surface area contributed by atoms with Crippen molar-refractivity contribution in [1.29, 1.82) is 5.26 Å². The first kappa shape index (κ1) is 10.9. The maximum absolute atomic E-state index is 13.0. The number of allylic oxidation sites excluding steroid dienone is 1. The van der Waals surface area contributed by atoms with Crippen LogP contribution in [0, 0.1) is 17.1 Å². The van der Waals surface area contributed by atoms with Gasteiger partial charge in [0.1, 0.15) is 11.9 Å². The van der Waals surface area contributed by atoms with Crippen LogP contribution in [0.5, 0.6) is 0 Å². The topological polar surface area (TPSA) is 62.2 Å². The fourth-order valence-corrected chi connectivity index (χ4v) is 1.16. The largest absolute Gasteiger partial charge is 0.405 e. The van der Waals surface area contributed by atoms with Crippen molar-refractivity contribution in [3.8, 4) is 6.07 Å². The molecule has 0 atom stereocenters. The summed E-state index contributed by atoms with van der Waals surface area (Å²) in [4.78, 5) is 3.97. The van der Waals surface area contributed by atoms with Gasteiger partial charge in [-0.05, 0) is 30.5 Å². The molecule has 1 aromatic rings. The maximum Gasteiger partial charge on any atom is 0.140 e. The van der Waals surface area contributed by atoms with E-state index in [1.165, 1.54) is 18.3 Å². The monoisotopic (exact) mass is 203 g/mol. The van der Waals surface area contributed by atoms with Crippen molar-refractivity contribution in [3.05, 3.63) is 47.4 Å². The highest BCUT2D eigenvalue weighted by Gasteiger charge is 2.05. The van der Waals surface area contributed by atoms with E-state index in [1.54, 1.807) is 25.3 Å². The molecule has 0 saturated heterocycles. The average molecular weight is 203 g/mol. The Morgan fingerprint density at radius 1 is 1.60 bits per heavy atom. The Morgan fingerprint density at radius 3 is 2.87 bits per heavy atom. The third-order valence-corrected chi connectivity index (χ3v) is 1.88. The molecule has 0 unspecified atom stereocenters. The fraction of sp³-hybridized carbons (Fsp3) is 0.0909. The van der Waals surface area contributed by atoms with Crippen molar-refractivity contribution in [2.24, 2.45) is 10.7 Å². The Bertz CT molecular complexity index is 455. The Kier molecular flexibility index (Phi) is 3.58. The first-order chi connectivity index (χ1) is 7.22. The van der Waals surface area contributed by atoms with Gasteiger partial charge < -0.3 is 5.73 Å². The molecule has 0 aliphatic carbocycles. The fourth-order valence-electron chi connectivity index (χ4n) is 1.16. The molecule has 0 radical (unpaired) electrons. The van der Waals surface area contributed by atoms with E-state index in [-0.39, 0.29) is 5.56 Å². The van der Waals surface area contributed by atoms with E-state index in [1.807, 2.05) is 0 Å². The third-order valence-electron chi connectivity index (χ3n) is 1.88. The standard InChI is InChI=1S/C11H10FN3/c1-15-11(4-5-13)8-2-3-10(12)9(6-8)7-14/h2-6H,13H2,1H3. The number of aliphatic imine (C=N–C) groups is 1. The van der Waals surface area contributed by atoms with E-state index in [0.29, 0.717) is 11.3 Å². The van der Waals surface area contributed by atoms with Gasteiger partial charge in [0, 0.05) is 12.6 Å². The number of benzene rings is 1. The lowest BCUT2D eigenvalue weighted by Gasteiger charge is -2.01. The van der Waals surface area contributed by atoms with E-state index < -0.39 is 5.82 Å². The zero-order valence-electron chi connectivity index (χ0n) is 8.24. The molecule has 0 fully saturated rings. The van der Waals surface area contributed by atoms with Crippen LogP contribution in [0.3, 0.4) is 0 Å². The van der Waals surface area contributed by atoms with Gasteiger partial charge in [0.05, 0.1) is 11.3 Å². The molecule has 0 heterocycles. The molecule has 76 valence electrons. The number of rotatable bonds is 2. The highest BCUT2D eigenvalue weighted by Crippen LogP contribution is 2.11. The molecule has 1 rings (SSSR count). The molecule has 2 N–H and O–H groups in total. The minimum absolute atomic E-state index is 0.000860.